The summed E-state index contributed by atoms with van der Waals surface area (Å²) in [6.07, 6.45) is 0. The molecule has 0 aliphatic heterocycles. The molecule has 0 bridgehead atoms. The standard InChI is InChI=1S/C15H16ClNOS/c1-18-15-8-11(2-3-12(15)9-17)10-19-14-6-4-13(16)5-7-14/h2-8H,9-10,17H2,1H3. The lowest BCUT2D eigenvalue weighted by molar-refractivity contribution is 0.409. The zero-order valence-corrected chi connectivity index (χ0v) is 12.3. The average molecular weight is 294 g/mol. The highest BCUT2D eigenvalue weighted by molar-refractivity contribution is 7.98. The summed E-state index contributed by atoms with van der Waals surface area (Å²) < 4.78 is 5.34. The molecule has 0 unspecified atom stereocenters. The Morgan fingerprint density at radius 1 is 1.16 bits per heavy atom. The maximum Gasteiger partial charge on any atom is 0.123 e. The Balaban J connectivity index is 2.05. The second kappa shape index (κ2) is 6.85. The van der Waals surface area contributed by atoms with Crippen LogP contribution in [0.4, 0.5) is 0 Å². The maximum absolute atomic E-state index is 5.86. The molecule has 0 amide bonds. The van der Waals surface area contributed by atoms with Crippen molar-refractivity contribution in [2.75, 3.05) is 7.11 Å². The van der Waals surface area contributed by atoms with Crippen LogP contribution in [0.2, 0.25) is 5.02 Å². The predicted octanol–water partition coefficient (Wildman–Crippen LogP) is 4.10. The Kier molecular flexibility index (Phi) is 5.14. The summed E-state index contributed by atoms with van der Waals surface area (Å²) in [5, 5.41) is 0.762. The van der Waals surface area contributed by atoms with E-state index in [1.807, 2.05) is 36.4 Å². The van der Waals surface area contributed by atoms with Crippen molar-refractivity contribution < 1.29 is 4.74 Å². The predicted molar refractivity (Wildman–Crippen MR) is 81.9 cm³/mol. The second-order valence-electron chi connectivity index (χ2n) is 4.09. The van der Waals surface area contributed by atoms with Crippen LogP contribution in [-0.4, -0.2) is 7.11 Å². The summed E-state index contributed by atoms with van der Waals surface area (Å²) in [6, 6.07) is 14.0. The molecule has 0 aromatic heterocycles. The Labute approximate surface area is 122 Å². The number of rotatable bonds is 5. The van der Waals surface area contributed by atoms with Gasteiger partial charge in [-0.15, -0.1) is 11.8 Å². The summed E-state index contributed by atoms with van der Waals surface area (Å²) in [5.41, 5.74) is 7.90. The molecule has 100 valence electrons. The van der Waals surface area contributed by atoms with Gasteiger partial charge in [-0.3, -0.25) is 0 Å². The number of ether oxygens (including phenoxy) is 1. The van der Waals surface area contributed by atoms with E-state index in [4.69, 9.17) is 22.1 Å². The molecule has 0 spiro atoms. The van der Waals surface area contributed by atoms with Gasteiger partial charge in [0.15, 0.2) is 0 Å². The minimum Gasteiger partial charge on any atom is -0.496 e. The van der Waals surface area contributed by atoms with E-state index in [0.717, 1.165) is 22.1 Å². The molecule has 2 nitrogen and oxygen atoms in total. The molecule has 0 saturated carbocycles. The van der Waals surface area contributed by atoms with Crippen LogP contribution in [0.15, 0.2) is 47.4 Å². The molecule has 2 aromatic carbocycles. The van der Waals surface area contributed by atoms with Gasteiger partial charge in [0.05, 0.1) is 7.11 Å². The Hall–Kier alpha value is -1.16. The number of thioether (sulfide) groups is 1. The van der Waals surface area contributed by atoms with Gasteiger partial charge < -0.3 is 10.5 Å². The quantitative estimate of drug-likeness (QED) is 0.843. The van der Waals surface area contributed by atoms with E-state index < -0.39 is 0 Å². The van der Waals surface area contributed by atoms with Gasteiger partial charge in [0.2, 0.25) is 0 Å². The van der Waals surface area contributed by atoms with E-state index in [1.54, 1.807) is 18.9 Å². The van der Waals surface area contributed by atoms with Crippen molar-refractivity contribution in [1.82, 2.24) is 0 Å². The van der Waals surface area contributed by atoms with Crippen LogP contribution in [0.25, 0.3) is 0 Å². The third kappa shape index (κ3) is 3.90. The molecule has 4 heteroatoms. The number of methoxy groups -OCH3 is 1. The molecule has 2 aromatic rings. The van der Waals surface area contributed by atoms with Crippen molar-refractivity contribution in [3.8, 4) is 5.75 Å². The highest BCUT2D eigenvalue weighted by Gasteiger charge is 2.03. The van der Waals surface area contributed by atoms with Gasteiger partial charge in [-0.1, -0.05) is 23.7 Å². The first-order valence-corrected chi connectivity index (χ1v) is 7.33. The van der Waals surface area contributed by atoms with Crippen LogP contribution in [0, 0.1) is 0 Å². The van der Waals surface area contributed by atoms with E-state index >= 15 is 0 Å². The van der Waals surface area contributed by atoms with Crippen LogP contribution < -0.4 is 10.5 Å². The van der Waals surface area contributed by atoms with Gasteiger partial charge in [0.1, 0.15) is 5.75 Å². The van der Waals surface area contributed by atoms with Crippen LogP contribution in [-0.2, 0) is 12.3 Å². The van der Waals surface area contributed by atoms with Crippen molar-refractivity contribution in [3.05, 3.63) is 58.6 Å². The third-order valence-electron chi connectivity index (χ3n) is 2.79. The van der Waals surface area contributed by atoms with Crippen molar-refractivity contribution in [2.45, 2.75) is 17.2 Å². The topological polar surface area (TPSA) is 35.2 Å². The van der Waals surface area contributed by atoms with Gasteiger partial charge in [0, 0.05) is 27.8 Å². The Morgan fingerprint density at radius 3 is 2.53 bits per heavy atom. The number of hydrogen-bond acceptors (Lipinski definition) is 3. The molecule has 19 heavy (non-hydrogen) atoms. The van der Waals surface area contributed by atoms with Crippen molar-refractivity contribution in [3.63, 3.8) is 0 Å². The zero-order valence-electron chi connectivity index (χ0n) is 10.7. The van der Waals surface area contributed by atoms with Crippen LogP contribution in [0.1, 0.15) is 11.1 Å². The molecule has 0 aliphatic rings. The van der Waals surface area contributed by atoms with Crippen LogP contribution in [0.5, 0.6) is 5.75 Å². The highest BCUT2D eigenvalue weighted by Crippen LogP contribution is 2.27. The molecule has 0 radical (unpaired) electrons. The SMILES string of the molecule is COc1cc(CSc2ccc(Cl)cc2)ccc1CN. The Morgan fingerprint density at radius 2 is 1.89 bits per heavy atom. The fourth-order valence-corrected chi connectivity index (χ4v) is 2.71. The molecule has 0 heterocycles. The second-order valence-corrected chi connectivity index (χ2v) is 5.58. The lowest BCUT2D eigenvalue weighted by Crippen LogP contribution is -2.00. The van der Waals surface area contributed by atoms with Gasteiger partial charge in [-0.25, -0.2) is 0 Å². The first kappa shape index (κ1) is 14.3. The molecule has 2 N–H and O–H groups in total. The van der Waals surface area contributed by atoms with Crippen molar-refractivity contribution in [1.29, 1.82) is 0 Å². The largest absolute Gasteiger partial charge is 0.496 e. The van der Waals surface area contributed by atoms with E-state index in [2.05, 4.69) is 6.07 Å². The van der Waals surface area contributed by atoms with Crippen molar-refractivity contribution >= 4 is 23.4 Å². The van der Waals surface area contributed by atoms with E-state index in [1.165, 1.54) is 10.5 Å². The van der Waals surface area contributed by atoms with Gasteiger partial charge in [-0.2, -0.15) is 0 Å². The molecular formula is C15H16ClNOS. The minimum atomic E-state index is 0.494. The normalized spacial score (nSPS) is 10.5. The maximum atomic E-state index is 5.86. The lowest BCUT2D eigenvalue weighted by atomic mass is 10.1. The Bertz CT molecular complexity index is 542. The number of nitrogens with two attached hydrogens (primary N) is 1. The van der Waals surface area contributed by atoms with Gasteiger partial charge in [0.25, 0.3) is 0 Å². The van der Waals surface area contributed by atoms with Crippen LogP contribution in [0.3, 0.4) is 0 Å². The number of hydrogen-bond donors (Lipinski definition) is 1. The summed E-state index contributed by atoms with van der Waals surface area (Å²) in [6.45, 7) is 0.494. The summed E-state index contributed by atoms with van der Waals surface area (Å²) in [5.74, 6) is 1.75. The zero-order chi connectivity index (χ0) is 13.7. The number of halogens is 1. The third-order valence-corrected chi connectivity index (χ3v) is 4.13. The number of benzene rings is 2. The summed E-state index contributed by atoms with van der Waals surface area (Å²) in [4.78, 5) is 1.20. The average Bonchev–Trinajstić information content (AvgIpc) is 2.46. The first-order valence-electron chi connectivity index (χ1n) is 5.97. The summed E-state index contributed by atoms with van der Waals surface area (Å²) >= 11 is 7.63. The first-order chi connectivity index (χ1) is 9.22. The van der Waals surface area contributed by atoms with Gasteiger partial charge >= 0.3 is 0 Å². The minimum absolute atomic E-state index is 0.494. The van der Waals surface area contributed by atoms with Crippen molar-refractivity contribution in [2.24, 2.45) is 5.73 Å². The smallest absolute Gasteiger partial charge is 0.123 e. The molecule has 0 saturated heterocycles. The van der Waals surface area contributed by atoms with Gasteiger partial charge in [-0.05, 0) is 35.9 Å². The lowest BCUT2D eigenvalue weighted by Gasteiger charge is -2.09. The molecule has 2 rings (SSSR count). The van der Waals surface area contributed by atoms with E-state index in [0.29, 0.717) is 6.54 Å². The molecular weight excluding hydrogens is 278 g/mol. The fourth-order valence-electron chi connectivity index (χ4n) is 1.74. The van der Waals surface area contributed by atoms with E-state index in [9.17, 15) is 0 Å². The molecule has 0 atom stereocenters. The van der Waals surface area contributed by atoms with E-state index in [-0.39, 0.29) is 0 Å². The highest BCUT2D eigenvalue weighted by atomic mass is 35.5. The molecule has 0 aliphatic carbocycles. The fraction of sp³-hybridized carbons (Fsp3) is 0.200. The summed E-state index contributed by atoms with van der Waals surface area (Å²) in [7, 11) is 1.67. The van der Waals surface area contributed by atoms with Crippen LogP contribution >= 0.6 is 23.4 Å². The molecule has 0 fully saturated rings. The monoisotopic (exact) mass is 293 g/mol.